The van der Waals surface area contributed by atoms with E-state index in [0.29, 0.717) is 11.3 Å². The van der Waals surface area contributed by atoms with E-state index in [-0.39, 0.29) is 29.5 Å². The molecule has 160 valence electrons. The Bertz CT molecular complexity index is 708. The van der Waals surface area contributed by atoms with E-state index in [9.17, 15) is 9.00 Å². The first-order valence-electron chi connectivity index (χ1n) is 10.1. The summed E-state index contributed by atoms with van der Waals surface area (Å²) in [6, 6.07) is 5.72. The van der Waals surface area contributed by atoms with Gasteiger partial charge in [0, 0.05) is 59.7 Å². The van der Waals surface area contributed by atoms with Gasteiger partial charge in [-0.25, -0.2) is 0 Å². The van der Waals surface area contributed by atoms with Crippen LogP contribution in [0.3, 0.4) is 0 Å². The SMILES string of the molecule is CCS(=O)C1CCCC(NC(=NC)NCCCCn2c(C)cccc2=O)C1.I. The van der Waals surface area contributed by atoms with Crippen molar-refractivity contribution in [3.8, 4) is 0 Å². The van der Waals surface area contributed by atoms with Gasteiger partial charge in [-0.3, -0.25) is 14.0 Å². The summed E-state index contributed by atoms with van der Waals surface area (Å²) >= 11 is 0. The van der Waals surface area contributed by atoms with Crippen LogP contribution in [0.2, 0.25) is 0 Å². The molecule has 0 radical (unpaired) electrons. The van der Waals surface area contributed by atoms with Gasteiger partial charge in [-0.15, -0.1) is 24.0 Å². The second-order valence-electron chi connectivity index (χ2n) is 7.16. The highest BCUT2D eigenvalue weighted by Gasteiger charge is 2.25. The van der Waals surface area contributed by atoms with Crippen LogP contribution in [-0.2, 0) is 17.3 Å². The Morgan fingerprint density at radius 3 is 2.79 bits per heavy atom. The Balaban J connectivity index is 0.00000392. The number of aryl methyl sites for hydroxylation is 1. The fourth-order valence-electron chi connectivity index (χ4n) is 3.65. The van der Waals surface area contributed by atoms with Crippen LogP contribution in [-0.4, -0.2) is 45.4 Å². The Morgan fingerprint density at radius 2 is 2.11 bits per heavy atom. The molecule has 1 aliphatic rings. The minimum absolute atomic E-state index is 0. The second kappa shape index (κ2) is 13.3. The summed E-state index contributed by atoms with van der Waals surface area (Å²) in [5, 5.41) is 7.17. The van der Waals surface area contributed by atoms with Gasteiger partial charge in [0.25, 0.3) is 5.56 Å². The third kappa shape index (κ3) is 7.85. The predicted octanol–water partition coefficient (Wildman–Crippen LogP) is 2.80. The smallest absolute Gasteiger partial charge is 0.250 e. The number of nitrogens with one attached hydrogen (secondary N) is 2. The van der Waals surface area contributed by atoms with E-state index in [2.05, 4.69) is 15.6 Å². The highest BCUT2D eigenvalue weighted by atomic mass is 127. The van der Waals surface area contributed by atoms with E-state index >= 15 is 0 Å². The van der Waals surface area contributed by atoms with Crippen LogP contribution in [0.5, 0.6) is 0 Å². The highest BCUT2D eigenvalue weighted by Crippen LogP contribution is 2.22. The molecule has 0 spiro atoms. The summed E-state index contributed by atoms with van der Waals surface area (Å²) in [5.41, 5.74) is 1.07. The zero-order valence-corrected chi connectivity index (χ0v) is 20.4. The average Bonchev–Trinajstić information content (AvgIpc) is 2.68. The van der Waals surface area contributed by atoms with Crippen molar-refractivity contribution < 1.29 is 4.21 Å². The predicted molar refractivity (Wildman–Crippen MR) is 129 cm³/mol. The molecule has 1 saturated carbocycles. The number of unbranched alkanes of at least 4 members (excludes halogenated alkanes) is 1. The fraction of sp³-hybridized carbons (Fsp3) is 0.700. The molecule has 2 rings (SSSR count). The molecule has 6 nitrogen and oxygen atoms in total. The Kier molecular flexibility index (Phi) is 12.0. The molecule has 28 heavy (non-hydrogen) atoms. The van der Waals surface area contributed by atoms with Gasteiger partial charge in [0.15, 0.2) is 5.96 Å². The Morgan fingerprint density at radius 1 is 1.32 bits per heavy atom. The van der Waals surface area contributed by atoms with Gasteiger partial charge in [0.2, 0.25) is 0 Å². The fourth-order valence-corrected chi connectivity index (χ4v) is 5.00. The van der Waals surface area contributed by atoms with Crippen LogP contribution in [0.15, 0.2) is 28.0 Å². The third-order valence-corrected chi connectivity index (χ3v) is 6.96. The lowest BCUT2D eigenvalue weighted by Crippen LogP contribution is -2.46. The molecule has 1 aromatic rings. The number of pyridine rings is 1. The number of guanidine groups is 1. The quantitative estimate of drug-likeness (QED) is 0.238. The molecule has 8 heteroatoms. The van der Waals surface area contributed by atoms with E-state index in [0.717, 1.165) is 69.0 Å². The summed E-state index contributed by atoms with van der Waals surface area (Å²) in [6.07, 6.45) is 6.16. The summed E-state index contributed by atoms with van der Waals surface area (Å²) in [6.45, 7) is 5.52. The van der Waals surface area contributed by atoms with Crippen LogP contribution >= 0.6 is 24.0 Å². The van der Waals surface area contributed by atoms with Crippen molar-refractivity contribution in [2.45, 2.75) is 70.2 Å². The third-order valence-electron chi connectivity index (χ3n) is 5.22. The second-order valence-corrected chi connectivity index (χ2v) is 9.17. The minimum Gasteiger partial charge on any atom is -0.356 e. The first-order valence-corrected chi connectivity index (χ1v) is 11.4. The number of rotatable bonds is 8. The lowest BCUT2D eigenvalue weighted by Gasteiger charge is -2.30. The number of nitrogens with zero attached hydrogens (tertiary/aromatic N) is 2. The molecule has 0 aliphatic heterocycles. The molecule has 0 saturated heterocycles. The lowest BCUT2D eigenvalue weighted by molar-refractivity contribution is 0.413. The molecule has 3 atom stereocenters. The number of aliphatic imine (C=N–C) groups is 1. The molecule has 0 amide bonds. The zero-order chi connectivity index (χ0) is 19.6. The van der Waals surface area contributed by atoms with E-state index in [1.807, 2.05) is 24.5 Å². The molecule has 3 unspecified atom stereocenters. The normalized spacial score (nSPS) is 20.9. The van der Waals surface area contributed by atoms with Gasteiger partial charge in [-0.05, 0) is 45.1 Å². The standard InChI is InChI=1S/C20H34N4O2S.HI/c1-4-27(26)18-11-8-10-17(15-18)23-20(21-3)22-13-5-6-14-24-16(2)9-7-12-19(24)25;/h7,9,12,17-18H,4-6,8,10-11,13-15H2,1-3H3,(H2,21,22,23);1H. The average molecular weight is 522 g/mol. The summed E-state index contributed by atoms with van der Waals surface area (Å²) < 4.78 is 13.9. The molecular formula is C20H35IN4O2S. The van der Waals surface area contributed by atoms with Crippen molar-refractivity contribution in [2.75, 3.05) is 19.3 Å². The first-order chi connectivity index (χ1) is 13.0. The van der Waals surface area contributed by atoms with E-state index < -0.39 is 10.8 Å². The van der Waals surface area contributed by atoms with Gasteiger partial charge < -0.3 is 15.2 Å². The van der Waals surface area contributed by atoms with Gasteiger partial charge in [-0.2, -0.15) is 0 Å². The van der Waals surface area contributed by atoms with Crippen molar-refractivity contribution in [1.29, 1.82) is 0 Å². The van der Waals surface area contributed by atoms with Crippen molar-refractivity contribution >= 4 is 40.7 Å². The molecule has 0 aromatic carbocycles. The maximum atomic E-state index is 12.1. The Labute approximate surface area is 188 Å². The van der Waals surface area contributed by atoms with Gasteiger partial charge in [-0.1, -0.05) is 19.4 Å². The number of halogens is 1. The summed E-state index contributed by atoms with van der Waals surface area (Å²) in [4.78, 5) is 16.2. The monoisotopic (exact) mass is 522 g/mol. The molecule has 1 aromatic heterocycles. The molecule has 1 fully saturated rings. The highest BCUT2D eigenvalue weighted by molar-refractivity contribution is 14.0. The summed E-state index contributed by atoms with van der Waals surface area (Å²) in [5.74, 6) is 1.56. The number of hydrogen-bond acceptors (Lipinski definition) is 3. The first kappa shape index (κ1) is 25.1. The van der Waals surface area contributed by atoms with E-state index in [4.69, 9.17) is 0 Å². The van der Waals surface area contributed by atoms with Crippen molar-refractivity contribution in [2.24, 2.45) is 4.99 Å². The van der Waals surface area contributed by atoms with Crippen LogP contribution in [0.25, 0.3) is 0 Å². The Hall–Kier alpha value is -0.900. The zero-order valence-electron chi connectivity index (χ0n) is 17.3. The largest absolute Gasteiger partial charge is 0.356 e. The maximum absolute atomic E-state index is 12.1. The van der Waals surface area contributed by atoms with Crippen LogP contribution in [0.1, 0.15) is 51.1 Å². The van der Waals surface area contributed by atoms with E-state index in [1.165, 1.54) is 0 Å². The number of hydrogen-bond donors (Lipinski definition) is 2. The van der Waals surface area contributed by atoms with Crippen molar-refractivity contribution in [3.63, 3.8) is 0 Å². The summed E-state index contributed by atoms with van der Waals surface area (Å²) in [7, 11) is 1.08. The molecule has 0 bridgehead atoms. The van der Waals surface area contributed by atoms with Crippen molar-refractivity contribution in [1.82, 2.24) is 15.2 Å². The minimum atomic E-state index is -0.709. The van der Waals surface area contributed by atoms with Crippen LogP contribution in [0, 0.1) is 6.92 Å². The lowest BCUT2D eigenvalue weighted by atomic mass is 9.95. The van der Waals surface area contributed by atoms with E-state index in [1.54, 1.807) is 19.2 Å². The van der Waals surface area contributed by atoms with Gasteiger partial charge in [0.1, 0.15) is 0 Å². The molecule has 2 N–H and O–H groups in total. The van der Waals surface area contributed by atoms with Crippen molar-refractivity contribution in [3.05, 3.63) is 34.2 Å². The van der Waals surface area contributed by atoms with Gasteiger partial charge >= 0.3 is 0 Å². The maximum Gasteiger partial charge on any atom is 0.250 e. The van der Waals surface area contributed by atoms with Crippen LogP contribution in [0.4, 0.5) is 0 Å². The molecule has 1 heterocycles. The van der Waals surface area contributed by atoms with Crippen LogP contribution < -0.4 is 16.2 Å². The van der Waals surface area contributed by atoms with Gasteiger partial charge in [0.05, 0.1) is 0 Å². The molecule has 1 aliphatic carbocycles. The topological polar surface area (TPSA) is 75.5 Å². The number of aromatic nitrogens is 1. The molecular weight excluding hydrogens is 487 g/mol.